The van der Waals surface area contributed by atoms with Gasteiger partial charge in [0.15, 0.2) is 5.78 Å². The molecule has 0 fully saturated rings. The highest BCUT2D eigenvalue weighted by Gasteiger charge is 2.31. The second kappa shape index (κ2) is 6.10. The molecule has 0 heterocycles. The Kier molecular flexibility index (Phi) is 4.43. The van der Waals surface area contributed by atoms with E-state index in [-0.39, 0.29) is 11.3 Å². The SMILES string of the molecule is O=C(O)c1ccccc1NC(c1ccccc1)P(=O)(O)O. The van der Waals surface area contributed by atoms with Crippen molar-refractivity contribution in [2.75, 3.05) is 5.32 Å². The van der Waals surface area contributed by atoms with E-state index < -0.39 is 19.3 Å². The van der Waals surface area contributed by atoms with Gasteiger partial charge in [0.2, 0.25) is 0 Å². The first-order valence-corrected chi connectivity index (χ1v) is 7.77. The first kappa shape index (κ1) is 15.3. The number of rotatable bonds is 5. The fourth-order valence-electron chi connectivity index (χ4n) is 1.94. The number of anilines is 1. The molecule has 0 aliphatic carbocycles. The Balaban J connectivity index is 2.42. The third kappa shape index (κ3) is 3.70. The maximum Gasteiger partial charge on any atom is 0.352 e. The summed E-state index contributed by atoms with van der Waals surface area (Å²) in [6.45, 7) is 0. The smallest absolute Gasteiger partial charge is 0.352 e. The molecule has 0 saturated heterocycles. The van der Waals surface area contributed by atoms with Crippen LogP contribution in [0.25, 0.3) is 0 Å². The molecule has 4 N–H and O–H groups in total. The molecule has 2 rings (SSSR count). The predicted octanol–water partition coefficient (Wildman–Crippen LogP) is 2.67. The average Bonchev–Trinajstić information content (AvgIpc) is 2.44. The van der Waals surface area contributed by atoms with E-state index in [2.05, 4.69) is 5.32 Å². The predicted molar refractivity (Wildman–Crippen MR) is 78.3 cm³/mol. The highest BCUT2D eigenvalue weighted by Crippen LogP contribution is 2.51. The van der Waals surface area contributed by atoms with Gasteiger partial charge in [-0.15, -0.1) is 0 Å². The van der Waals surface area contributed by atoms with Crippen LogP contribution in [0.4, 0.5) is 5.69 Å². The summed E-state index contributed by atoms with van der Waals surface area (Å²) >= 11 is 0. The molecule has 110 valence electrons. The van der Waals surface area contributed by atoms with Crippen LogP contribution in [-0.2, 0) is 4.57 Å². The molecule has 2 aromatic carbocycles. The van der Waals surface area contributed by atoms with Gasteiger partial charge in [-0.05, 0) is 17.7 Å². The lowest BCUT2D eigenvalue weighted by Crippen LogP contribution is -2.14. The molecule has 1 unspecified atom stereocenters. The highest BCUT2D eigenvalue weighted by atomic mass is 31.2. The molecule has 0 aromatic heterocycles. The zero-order valence-corrected chi connectivity index (χ0v) is 11.8. The Morgan fingerprint density at radius 3 is 2.14 bits per heavy atom. The van der Waals surface area contributed by atoms with Crippen molar-refractivity contribution in [3.8, 4) is 0 Å². The van der Waals surface area contributed by atoms with Crippen molar-refractivity contribution < 1.29 is 24.3 Å². The van der Waals surface area contributed by atoms with Crippen LogP contribution in [-0.4, -0.2) is 20.9 Å². The molecule has 2 aromatic rings. The number of aromatic carboxylic acids is 1. The number of hydrogen-bond acceptors (Lipinski definition) is 3. The van der Waals surface area contributed by atoms with Gasteiger partial charge in [0.05, 0.1) is 5.56 Å². The molecule has 0 amide bonds. The van der Waals surface area contributed by atoms with Gasteiger partial charge in [-0.3, -0.25) is 4.57 Å². The molecule has 0 aliphatic rings. The largest absolute Gasteiger partial charge is 0.478 e. The van der Waals surface area contributed by atoms with Crippen molar-refractivity contribution in [3.63, 3.8) is 0 Å². The van der Waals surface area contributed by atoms with E-state index in [1.54, 1.807) is 42.5 Å². The van der Waals surface area contributed by atoms with Crippen LogP contribution in [0.1, 0.15) is 21.7 Å². The Morgan fingerprint density at radius 2 is 1.57 bits per heavy atom. The van der Waals surface area contributed by atoms with Crippen LogP contribution in [0.3, 0.4) is 0 Å². The van der Waals surface area contributed by atoms with Crippen molar-refractivity contribution in [1.82, 2.24) is 0 Å². The summed E-state index contributed by atoms with van der Waals surface area (Å²) in [6, 6.07) is 14.2. The average molecular weight is 307 g/mol. The summed E-state index contributed by atoms with van der Waals surface area (Å²) in [5, 5.41) is 11.8. The first-order chi connectivity index (χ1) is 9.89. The Hall–Kier alpha value is -2.14. The molecular formula is C14H14NO5P. The van der Waals surface area contributed by atoms with Gasteiger partial charge < -0.3 is 20.2 Å². The van der Waals surface area contributed by atoms with Crippen LogP contribution in [0.2, 0.25) is 0 Å². The molecule has 21 heavy (non-hydrogen) atoms. The van der Waals surface area contributed by atoms with Gasteiger partial charge in [-0.2, -0.15) is 0 Å². The fraction of sp³-hybridized carbons (Fsp3) is 0.0714. The summed E-state index contributed by atoms with van der Waals surface area (Å²) < 4.78 is 11.7. The van der Waals surface area contributed by atoms with Crippen molar-refractivity contribution in [2.24, 2.45) is 0 Å². The van der Waals surface area contributed by atoms with Crippen LogP contribution in [0, 0.1) is 0 Å². The normalized spacial score (nSPS) is 12.7. The number of nitrogens with one attached hydrogen (secondary N) is 1. The molecule has 0 radical (unpaired) electrons. The summed E-state index contributed by atoms with van der Waals surface area (Å²) in [7, 11) is -4.52. The number of para-hydroxylation sites is 1. The number of hydrogen-bond donors (Lipinski definition) is 4. The molecule has 0 spiro atoms. The van der Waals surface area contributed by atoms with Crippen molar-refractivity contribution >= 4 is 19.3 Å². The second-order valence-electron chi connectivity index (χ2n) is 4.40. The van der Waals surface area contributed by atoms with E-state index >= 15 is 0 Å². The first-order valence-electron chi connectivity index (χ1n) is 6.08. The van der Waals surface area contributed by atoms with Crippen LogP contribution < -0.4 is 5.32 Å². The minimum Gasteiger partial charge on any atom is -0.478 e. The Labute approximate surface area is 121 Å². The summed E-state index contributed by atoms with van der Waals surface area (Å²) in [4.78, 5) is 30.2. The van der Waals surface area contributed by atoms with Crippen molar-refractivity contribution in [1.29, 1.82) is 0 Å². The number of benzene rings is 2. The lowest BCUT2D eigenvalue weighted by molar-refractivity contribution is 0.0697. The molecule has 1 atom stereocenters. The summed E-state index contributed by atoms with van der Waals surface area (Å²) in [5.74, 6) is -2.48. The number of carboxylic acids is 1. The van der Waals surface area contributed by atoms with Crippen LogP contribution >= 0.6 is 7.60 Å². The third-order valence-corrected chi connectivity index (χ3v) is 4.00. The minimum absolute atomic E-state index is 0.0492. The van der Waals surface area contributed by atoms with Crippen LogP contribution in [0.5, 0.6) is 0 Å². The van der Waals surface area contributed by atoms with Gasteiger partial charge in [-0.1, -0.05) is 42.5 Å². The maximum absolute atomic E-state index is 11.7. The number of carbonyl (C=O) groups is 1. The van der Waals surface area contributed by atoms with Gasteiger partial charge in [0, 0.05) is 5.69 Å². The Bertz CT molecular complexity index is 683. The standard InChI is InChI=1S/C14H14NO5P/c16-14(17)11-8-4-5-9-12(11)15-13(21(18,19)20)10-6-2-1-3-7-10/h1-9,13,15H,(H,16,17)(H2,18,19,20). The van der Waals surface area contributed by atoms with E-state index in [0.29, 0.717) is 5.56 Å². The lowest BCUT2D eigenvalue weighted by Gasteiger charge is -2.22. The zero-order valence-electron chi connectivity index (χ0n) is 10.9. The number of carboxylic acid groups (broad SMARTS) is 1. The Morgan fingerprint density at radius 1 is 1.00 bits per heavy atom. The van der Waals surface area contributed by atoms with Crippen molar-refractivity contribution in [3.05, 3.63) is 65.7 Å². The quantitative estimate of drug-likeness (QED) is 0.633. The lowest BCUT2D eigenvalue weighted by atomic mass is 10.1. The van der Waals surface area contributed by atoms with Gasteiger partial charge in [0.1, 0.15) is 0 Å². The molecular weight excluding hydrogens is 293 g/mol. The minimum atomic E-state index is -4.52. The highest BCUT2D eigenvalue weighted by molar-refractivity contribution is 7.52. The summed E-state index contributed by atoms with van der Waals surface area (Å²) in [6.07, 6.45) is 0. The van der Waals surface area contributed by atoms with E-state index in [1.807, 2.05) is 0 Å². The topological polar surface area (TPSA) is 107 Å². The van der Waals surface area contributed by atoms with Gasteiger partial charge >= 0.3 is 13.6 Å². The van der Waals surface area contributed by atoms with Gasteiger partial charge in [-0.25, -0.2) is 4.79 Å². The summed E-state index contributed by atoms with van der Waals surface area (Å²) in [5.41, 5.74) is 0.486. The molecule has 7 heteroatoms. The van der Waals surface area contributed by atoms with E-state index in [4.69, 9.17) is 5.11 Å². The fourth-order valence-corrected chi connectivity index (χ4v) is 2.81. The zero-order chi connectivity index (χ0) is 15.5. The molecule has 0 saturated carbocycles. The third-order valence-electron chi connectivity index (χ3n) is 2.90. The van der Waals surface area contributed by atoms with E-state index in [1.165, 1.54) is 12.1 Å². The van der Waals surface area contributed by atoms with Gasteiger partial charge in [0.25, 0.3) is 0 Å². The molecule has 0 bridgehead atoms. The second-order valence-corrected chi connectivity index (χ2v) is 6.09. The molecule has 6 nitrogen and oxygen atoms in total. The van der Waals surface area contributed by atoms with E-state index in [9.17, 15) is 19.1 Å². The monoisotopic (exact) mass is 307 g/mol. The van der Waals surface area contributed by atoms with Crippen LogP contribution in [0.15, 0.2) is 54.6 Å². The molecule has 0 aliphatic heterocycles. The maximum atomic E-state index is 11.7. The van der Waals surface area contributed by atoms with Crippen molar-refractivity contribution in [2.45, 2.75) is 5.78 Å². The van der Waals surface area contributed by atoms with E-state index in [0.717, 1.165) is 0 Å².